The highest BCUT2D eigenvalue weighted by molar-refractivity contribution is 5.97. The van der Waals surface area contributed by atoms with Crippen molar-refractivity contribution in [3.63, 3.8) is 0 Å². The van der Waals surface area contributed by atoms with E-state index in [1.807, 2.05) is 66.0 Å². The number of pyridine rings is 2. The van der Waals surface area contributed by atoms with Crippen molar-refractivity contribution in [2.45, 2.75) is 26.2 Å². The van der Waals surface area contributed by atoms with Crippen LogP contribution >= 0.6 is 0 Å². The standard InChI is InChI=1S/C24H25N5O/c1-4-17-8-9-18(23(30)11-10-19-7-5-6-12-25-19)13-21(17)29(3)24-14-22-20(15-26-24)27-16-28(22)2/h5-9,12-16H,4,10-11H2,1-3H3. The third kappa shape index (κ3) is 3.94. The number of carbonyl (C=O) groups excluding carboxylic acids is 1. The lowest BCUT2D eigenvalue weighted by molar-refractivity contribution is 0.0982. The fourth-order valence-electron chi connectivity index (χ4n) is 3.61. The van der Waals surface area contributed by atoms with Crippen molar-refractivity contribution in [1.29, 1.82) is 0 Å². The van der Waals surface area contributed by atoms with Crippen LogP contribution in [0.15, 0.2) is 61.2 Å². The van der Waals surface area contributed by atoms with Gasteiger partial charge in [0.2, 0.25) is 0 Å². The smallest absolute Gasteiger partial charge is 0.163 e. The third-order valence-corrected chi connectivity index (χ3v) is 5.42. The Morgan fingerprint density at radius 1 is 1.10 bits per heavy atom. The topological polar surface area (TPSA) is 63.9 Å². The molecule has 0 saturated carbocycles. The number of carbonyl (C=O) groups is 1. The zero-order valence-electron chi connectivity index (χ0n) is 17.5. The van der Waals surface area contributed by atoms with E-state index >= 15 is 0 Å². The Labute approximate surface area is 176 Å². The number of ketones is 1. The van der Waals surface area contributed by atoms with Crippen LogP contribution in [-0.2, 0) is 19.9 Å². The van der Waals surface area contributed by atoms with Crippen LogP contribution in [0.25, 0.3) is 11.0 Å². The predicted octanol–water partition coefficient (Wildman–Crippen LogP) is 4.51. The molecule has 6 heteroatoms. The summed E-state index contributed by atoms with van der Waals surface area (Å²) in [6.45, 7) is 2.12. The van der Waals surface area contributed by atoms with Gasteiger partial charge in [0.25, 0.3) is 0 Å². The van der Waals surface area contributed by atoms with Gasteiger partial charge in [0.05, 0.1) is 18.0 Å². The van der Waals surface area contributed by atoms with Crippen LogP contribution in [0.3, 0.4) is 0 Å². The SMILES string of the molecule is CCc1ccc(C(=O)CCc2ccccn2)cc1N(C)c1cc2c(cn1)ncn2C. The number of aryl methyl sites for hydroxylation is 3. The number of hydrogen-bond donors (Lipinski definition) is 0. The van der Waals surface area contributed by atoms with Crippen molar-refractivity contribution in [3.05, 3.63) is 78.0 Å². The molecule has 1 aromatic carbocycles. The second-order valence-corrected chi connectivity index (χ2v) is 7.39. The summed E-state index contributed by atoms with van der Waals surface area (Å²) in [7, 11) is 3.96. The van der Waals surface area contributed by atoms with Gasteiger partial charge in [0.15, 0.2) is 5.78 Å². The van der Waals surface area contributed by atoms with Gasteiger partial charge < -0.3 is 9.47 Å². The van der Waals surface area contributed by atoms with Crippen LogP contribution in [-0.4, -0.2) is 32.3 Å². The number of hydrogen-bond acceptors (Lipinski definition) is 5. The summed E-state index contributed by atoms with van der Waals surface area (Å²) in [4.78, 5) is 28.1. The van der Waals surface area contributed by atoms with E-state index in [0.717, 1.165) is 34.7 Å². The number of rotatable bonds is 7. The first-order valence-corrected chi connectivity index (χ1v) is 10.1. The lowest BCUT2D eigenvalue weighted by Gasteiger charge is -2.22. The van der Waals surface area contributed by atoms with Gasteiger partial charge in [0, 0.05) is 49.7 Å². The Morgan fingerprint density at radius 3 is 2.73 bits per heavy atom. The molecule has 4 rings (SSSR count). The Bertz CT molecular complexity index is 1180. The Morgan fingerprint density at radius 2 is 1.97 bits per heavy atom. The zero-order chi connectivity index (χ0) is 21.1. The van der Waals surface area contributed by atoms with Crippen LogP contribution < -0.4 is 4.90 Å². The quantitative estimate of drug-likeness (QED) is 0.428. The summed E-state index contributed by atoms with van der Waals surface area (Å²) in [5.41, 5.74) is 5.70. The van der Waals surface area contributed by atoms with Crippen LogP contribution in [0.2, 0.25) is 0 Å². The maximum Gasteiger partial charge on any atom is 0.163 e. The maximum atomic E-state index is 12.8. The van der Waals surface area contributed by atoms with Gasteiger partial charge in [-0.25, -0.2) is 9.97 Å². The molecule has 3 aromatic heterocycles. The van der Waals surface area contributed by atoms with E-state index in [4.69, 9.17) is 0 Å². The summed E-state index contributed by atoms with van der Waals surface area (Å²) in [6, 6.07) is 13.8. The van der Waals surface area contributed by atoms with Gasteiger partial charge in [-0.15, -0.1) is 0 Å². The molecule has 0 unspecified atom stereocenters. The number of anilines is 2. The fraction of sp³-hybridized carbons (Fsp3) is 0.250. The largest absolute Gasteiger partial charge is 0.334 e. The van der Waals surface area contributed by atoms with E-state index in [9.17, 15) is 4.79 Å². The number of benzene rings is 1. The summed E-state index contributed by atoms with van der Waals surface area (Å²) in [6.07, 6.45) is 7.28. The summed E-state index contributed by atoms with van der Waals surface area (Å²) in [5.74, 6) is 0.937. The number of Topliss-reactive ketones (excluding diaryl/α,β-unsaturated/α-hetero) is 1. The summed E-state index contributed by atoms with van der Waals surface area (Å²) in [5, 5.41) is 0. The highest BCUT2D eigenvalue weighted by Gasteiger charge is 2.15. The monoisotopic (exact) mass is 399 g/mol. The van der Waals surface area contributed by atoms with E-state index < -0.39 is 0 Å². The molecule has 4 aromatic rings. The van der Waals surface area contributed by atoms with Crippen LogP contribution in [0, 0.1) is 0 Å². The van der Waals surface area contributed by atoms with Gasteiger partial charge in [-0.1, -0.05) is 25.1 Å². The van der Waals surface area contributed by atoms with Crippen LogP contribution in [0.5, 0.6) is 0 Å². The lowest BCUT2D eigenvalue weighted by atomic mass is 10.0. The zero-order valence-corrected chi connectivity index (χ0v) is 17.5. The van der Waals surface area contributed by atoms with E-state index in [0.29, 0.717) is 18.4 Å². The first-order valence-electron chi connectivity index (χ1n) is 10.1. The van der Waals surface area contributed by atoms with Gasteiger partial charge in [-0.2, -0.15) is 0 Å². The molecule has 152 valence electrons. The minimum Gasteiger partial charge on any atom is -0.334 e. The molecule has 0 radical (unpaired) electrons. The average Bonchev–Trinajstić information content (AvgIpc) is 3.17. The van der Waals surface area contributed by atoms with Crippen molar-refractivity contribution in [1.82, 2.24) is 19.5 Å². The van der Waals surface area contributed by atoms with Crippen molar-refractivity contribution in [3.8, 4) is 0 Å². The van der Waals surface area contributed by atoms with Crippen molar-refractivity contribution < 1.29 is 4.79 Å². The van der Waals surface area contributed by atoms with Crippen molar-refractivity contribution >= 4 is 28.3 Å². The van der Waals surface area contributed by atoms with Crippen LogP contribution in [0.1, 0.15) is 35.0 Å². The lowest BCUT2D eigenvalue weighted by Crippen LogP contribution is -2.14. The number of fused-ring (bicyclic) bond motifs is 1. The molecule has 0 saturated heterocycles. The molecule has 6 nitrogen and oxygen atoms in total. The van der Waals surface area contributed by atoms with Crippen molar-refractivity contribution in [2.75, 3.05) is 11.9 Å². The molecule has 0 spiro atoms. The third-order valence-electron chi connectivity index (χ3n) is 5.42. The van der Waals surface area contributed by atoms with Gasteiger partial charge in [-0.05, 0) is 36.6 Å². The van der Waals surface area contributed by atoms with E-state index in [1.165, 1.54) is 5.56 Å². The van der Waals surface area contributed by atoms with Gasteiger partial charge >= 0.3 is 0 Å². The molecule has 0 aliphatic heterocycles. The molecule has 0 atom stereocenters. The Hall–Kier alpha value is -3.54. The van der Waals surface area contributed by atoms with E-state index in [-0.39, 0.29) is 5.78 Å². The molecule has 0 aliphatic carbocycles. The molecule has 0 aliphatic rings. The average molecular weight is 399 g/mol. The molecular weight excluding hydrogens is 374 g/mol. The van der Waals surface area contributed by atoms with Gasteiger partial charge in [-0.3, -0.25) is 9.78 Å². The normalized spacial score (nSPS) is 11.0. The van der Waals surface area contributed by atoms with E-state index in [1.54, 1.807) is 18.7 Å². The first kappa shape index (κ1) is 19.8. The number of aromatic nitrogens is 4. The molecule has 0 N–H and O–H groups in total. The molecular formula is C24H25N5O. The molecule has 0 fully saturated rings. The highest BCUT2D eigenvalue weighted by Crippen LogP contribution is 2.29. The minimum absolute atomic E-state index is 0.119. The predicted molar refractivity (Wildman–Crippen MR) is 119 cm³/mol. The fourth-order valence-corrected chi connectivity index (χ4v) is 3.61. The first-order chi connectivity index (χ1) is 14.6. The van der Waals surface area contributed by atoms with Crippen molar-refractivity contribution in [2.24, 2.45) is 7.05 Å². The molecule has 30 heavy (non-hydrogen) atoms. The number of nitrogens with zero attached hydrogens (tertiary/aromatic N) is 5. The molecule has 0 bridgehead atoms. The Balaban J connectivity index is 1.61. The van der Waals surface area contributed by atoms with Crippen LogP contribution in [0.4, 0.5) is 11.5 Å². The Kier molecular flexibility index (Phi) is 5.57. The van der Waals surface area contributed by atoms with E-state index in [2.05, 4.69) is 21.9 Å². The maximum absolute atomic E-state index is 12.8. The van der Waals surface area contributed by atoms with Gasteiger partial charge in [0.1, 0.15) is 11.3 Å². The second kappa shape index (κ2) is 8.45. The summed E-state index contributed by atoms with van der Waals surface area (Å²) < 4.78 is 1.98. The molecule has 0 amide bonds. The molecule has 3 heterocycles. The summed E-state index contributed by atoms with van der Waals surface area (Å²) >= 11 is 0. The highest BCUT2D eigenvalue weighted by atomic mass is 16.1. The second-order valence-electron chi connectivity index (χ2n) is 7.39. The number of imidazole rings is 1. The minimum atomic E-state index is 0.119.